The maximum Gasteiger partial charge on any atom is 0.338 e. The van der Waals surface area contributed by atoms with Crippen LogP contribution in [0.1, 0.15) is 37.0 Å². The summed E-state index contributed by atoms with van der Waals surface area (Å²) in [5.41, 5.74) is 1.17. The first kappa shape index (κ1) is 26.3. The molecule has 0 aliphatic heterocycles. The number of halogens is 2. The van der Waals surface area contributed by atoms with Crippen LogP contribution in [-0.4, -0.2) is 37.0 Å². The Hall–Kier alpha value is -2.91. The first-order valence-corrected chi connectivity index (χ1v) is 11.3. The largest absolute Gasteiger partial charge is 0.462 e. The summed E-state index contributed by atoms with van der Waals surface area (Å²) in [4.78, 5) is 47.9. The Labute approximate surface area is 205 Å². The van der Waals surface area contributed by atoms with Gasteiger partial charge in [0.25, 0.3) is 5.91 Å². The molecule has 2 N–H and O–H groups in total. The van der Waals surface area contributed by atoms with E-state index in [2.05, 4.69) is 26.6 Å². The van der Waals surface area contributed by atoms with Gasteiger partial charge in [-0.3, -0.25) is 14.4 Å². The Morgan fingerprint density at radius 2 is 1.64 bits per heavy atom. The summed E-state index contributed by atoms with van der Waals surface area (Å²) < 4.78 is 10.7. The topological polar surface area (TPSA) is 111 Å². The molecule has 2 rings (SSSR count). The van der Waals surface area contributed by atoms with Crippen LogP contribution in [0.25, 0.3) is 0 Å². The van der Waals surface area contributed by atoms with Gasteiger partial charge in [-0.05, 0) is 58.2 Å². The highest BCUT2D eigenvalue weighted by atomic mass is 79.9. The Morgan fingerprint density at radius 1 is 0.939 bits per heavy atom. The van der Waals surface area contributed by atoms with Crippen LogP contribution in [-0.2, 0) is 23.9 Å². The Balaban J connectivity index is 1.74. The predicted octanol–water partition coefficient (Wildman–Crippen LogP) is 4.82. The van der Waals surface area contributed by atoms with Crippen LogP contribution < -0.4 is 10.6 Å². The van der Waals surface area contributed by atoms with E-state index in [1.54, 1.807) is 36.4 Å². The maximum atomic E-state index is 12.1. The molecule has 0 radical (unpaired) electrons. The molecular formula is C23H24BrClN2O6. The molecule has 2 amide bonds. The van der Waals surface area contributed by atoms with Crippen molar-refractivity contribution in [1.29, 1.82) is 0 Å². The van der Waals surface area contributed by atoms with Crippen molar-refractivity contribution in [3.8, 4) is 0 Å². The highest BCUT2D eigenvalue weighted by Crippen LogP contribution is 2.25. The van der Waals surface area contributed by atoms with Crippen molar-refractivity contribution < 1.29 is 28.7 Å². The van der Waals surface area contributed by atoms with Crippen LogP contribution in [0, 0.1) is 5.92 Å². The molecule has 0 saturated heterocycles. The molecule has 0 aromatic heterocycles. The number of esters is 2. The number of ether oxygens (including phenoxy) is 2. The highest BCUT2D eigenvalue weighted by Gasteiger charge is 2.13. The van der Waals surface area contributed by atoms with Gasteiger partial charge in [0.15, 0.2) is 6.61 Å². The van der Waals surface area contributed by atoms with Crippen LogP contribution in [0.15, 0.2) is 46.9 Å². The van der Waals surface area contributed by atoms with Crippen molar-refractivity contribution in [2.45, 2.75) is 26.7 Å². The van der Waals surface area contributed by atoms with Crippen LogP contribution in [0.3, 0.4) is 0 Å². The first-order valence-electron chi connectivity index (χ1n) is 10.1. The van der Waals surface area contributed by atoms with E-state index in [0.717, 1.165) is 0 Å². The average molecular weight is 540 g/mol. The van der Waals surface area contributed by atoms with E-state index in [1.165, 1.54) is 6.07 Å². The SMILES string of the molecule is CC(C)COC(=O)c1cccc(NC(=O)CCC(=O)OCC(=O)Nc2ccc(Br)c(Cl)c2)c1. The normalized spacial score (nSPS) is 10.5. The third-order valence-electron chi connectivity index (χ3n) is 4.05. The summed E-state index contributed by atoms with van der Waals surface area (Å²) in [7, 11) is 0. The van der Waals surface area contributed by atoms with Crippen molar-refractivity contribution in [2.75, 3.05) is 23.8 Å². The lowest BCUT2D eigenvalue weighted by Crippen LogP contribution is -2.21. The standard InChI is InChI=1S/C23H24BrClN2O6/c1-14(2)12-33-23(31)15-4-3-5-16(10-15)26-20(28)8-9-22(30)32-13-21(29)27-17-6-7-18(24)19(25)11-17/h3-7,10-11,14H,8-9,12-13H2,1-2H3,(H,26,28)(H,27,29). The van der Waals surface area contributed by atoms with Crippen LogP contribution in [0.5, 0.6) is 0 Å². The smallest absolute Gasteiger partial charge is 0.338 e. The van der Waals surface area contributed by atoms with Gasteiger partial charge in [0.1, 0.15) is 0 Å². The van der Waals surface area contributed by atoms with Crippen molar-refractivity contribution >= 4 is 62.7 Å². The molecule has 0 aliphatic rings. The lowest BCUT2D eigenvalue weighted by atomic mass is 10.2. The Bertz CT molecular complexity index is 1030. The van der Waals surface area contributed by atoms with E-state index < -0.39 is 30.4 Å². The van der Waals surface area contributed by atoms with E-state index >= 15 is 0 Å². The fourth-order valence-electron chi connectivity index (χ4n) is 2.48. The van der Waals surface area contributed by atoms with Crippen molar-refractivity contribution in [3.05, 3.63) is 57.5 Å². The van der Waals surface area contributed by atoms with Gasteiger partial charge >= 0.3 is 11.9 Å². The molecule has 10 heteroatoms. The first-order chi connectivity index (χ1) is 15.6. The monoisotopic (exact) mass is 538 g/mol. The fraction of sp³-hybridized carbons (Fsp3) is 0.304. The highest BCUT2D eigenvalue weighted by molar-refractivity contribution is 9.10. The zero-order valence-corrected chi connectivity index (χ0v) is 20.5. The third kappa shape index (κ3) is 9.63. The van der Waals surface area contributed by atoms with Crippen LogP contribution in [0.4, 0.5) is 11.4 Å². The molecule has 0 atom stereocenters. The molecule has 0 unspecified atom stereocenters. The lowest BCUT2D eigenvalue weighted by molar-refractivity contribution is -0.147. The number of benzene rings is 2. The molecule has 0 heterocycles. The molecule has 8 nitrogen and oxygen atoms in total. The number of nitrogens with one attached hydrogen (secondary N) is 2. The predicted molar refractivity (Wildman–Crippen MR) is 128 cm³/mol. The minimum absolute atomic E-state index is 0.148. The Morgan fingerprint density at radius 3 is 2.33 bits per heavy atom. The summed E-state index contributed by atoms with van der Waals surface area (Å²) in [6.45, 7) is 3.67. The number of carbonyl (C=O) groups excluding carboxylic acids is 4. The molecule has 33 heavy (non-hydrogen) atoms. The van der Waals surface area contributed by atoms with Crippen molar-refractivity contribution in [2.24, 2.45) is 5.92 Å². The van der Waals surface area contributed by atoms with E-state index in [1.807, 2.05) is 13.8 Å². The van der Waals surface area contributed by atoms with Crippen LogP contribution in [0.2, 0.25) is 5.02 Å². The van der Waals surface area contributed by atoms with E-state index in [4.69, 9.17) is 21.1 Å². The zero-order valence-electron chi connectivity index (χ0n) is 18.2. The fourth-order valence-corrected chi connectivity index (χ4v) is 2.91. The second-order valence-corrected chi connectivity index (χ2v) is 8.72. The second-order valence-electron chi connectivity index (χ2n) is 7.46. The van der Waals surface area contributed by atoms with Gasteiger partial charge in [-0.2, -0.15) is 0 Å². The van der Waals surface area contributed by atoms with Gasteiger partial charge in [-0.1, -0.05) is 31.5 Å². The molecule has 0 bridgehead atoms. The Kier molecular flexibility index (Phi) is 10.3. The molecule has 0 spiro atoms. The maximum absolute atomic E-state index is 12.1. The van der Waals surface area contributed by atoms with E-state index in [-0.39, 0.29) is 18.8 Å². The molecule has 2 aromatic carbocycles. The minimum Gasteiger partial charge on any atom is -0.462 e. The minimum atomic E-state index is -0.694. The zero-order chi connectivity index (χ0) is 24.4. The summed E-state index contributed by atoms with van der Waals surface area (Å²) in [5.74, 6) is -1.94. The lowest BCUT2D eigenvalue weighted by Gasteiger charge is -2.09. The van der Waals surface area contributed by atoms with Crippen LogP contribution >= 0.6 is 27.5 Å². The number of rotatable bonds is 10. The summed E-state index contributed by atoms with van der Waals surface area (Å²) in [6, 6.07) is 11.2. The van der Waals surface area contributed by atoms with E-state index in [0.29, 0.717) is 33.0 Å². The molecule has 0 aliphatic carbocycles. The second kappa shape index (κ2) is 13.0. The summed E-state index contributed by atoms with van der Waals surface area (Å²) in [5, 5.41) is 5.59. The number of anilines is 2. The third-order valence-corrected chi connectivity index (χ3v) is 5.29. The molecular weight excluding hydrogens is 516 g/mol. The van der Waals surface area contributed by atoms with Gasteiger partial charge in [0.2, 0.25) is 5.91 Å². The number of carbonyl (C=O) groups is 4. The van der Waals surface area contributed by atoms with Gasteiger partial charge < -0.3 is 20.1 Å². The summed E-state index contributed by atoms with van der Waals surface area (Å²) >= 11 is 9.21. The quantitative estimate of drug-likeness (QED) is 0.419. The van der Waals surface area contributed by atoms with Crippen molar-refractivity contribution in [1.82, 2.24) is 0 Å². The van der Waals surface area contributed by atoms with Gasteiger partial charge in [0.05, 0.1) is 23.6 Å². The summed E-state index contributed by atoms with van der Waals surface area (Å²) in [6.07, 6.45) is -0.357. The molecule has 0 fully saturated rings. The molecule has 2 aromatic rings. The van der Waals surface area contributed by atoms with Gasteiger partial charge in [-0.25, -0.2) is 4.79 Å². The number of amides is 2. The molecule has 0 saturated carbocycles. The number of hydrogen-bond donors (Lipinski definition) is 2. The van der Waals surface area contributed by atoms with Gasteiger partial charge in [-0.15, -0.1) is 0 Å². The van der Waals surface area contributed by atoms with E-state index in [9.17, 15) is 19.2 Å². The van der Waals surface area contributed by atoms with Crippen molar-refractivity contribution in [3.63, 3.8) is 0 Å². The number of hydrogen-bond acceptors (Lipinski definition) is 6. The molecule has 176 valence electrons. The average Bonchev–Trinajstić information content (AvgIpc) is 2.77. The van der Waals surface area contributed by atoms with Gasteiger partial charge in [0, 0.05) is 22.3 Å².